The molecule has 0 fully saturated rings. The zero-order chi connectivity index (χ0) is 53.8. The minimum atomic E-state index is -0.652. The summed E-state index contributed by atoms with van der Waals surface area (Å²) >= 11 is 0. The van der Waals surface area contributed by atoms with Crippen molar-refractivity contribution in [3.63, 3.8) is 0 Å². The van der Waals surface area contributed by atoms with Gasteiger partial charge in [0, 0.05) is 29.9 Å². The summed E-state index contributed by atoms with van der Waals surface area (Å²) in [5.74, 6) is 0. The second-order valence-electron chi connectivity index (χ2n) is 22.1. The van der Waals surface area contributed by atoms with E-state index in [1.54, 1.807) is 0 Å². The fourth-order valence-corrected chi connectivity index (χ4v) is 10.8. The minimum Gasteiger partial charge on any atom is -0.388 e. The van der Waals surface area contributed by atoms with Crippen molar-refractivity contribution in [3.8, 4) is 0 Å². The van der Waals surface area contributed by atoms with Crippen LogP contribution < -0.4 is 0 Å². The smallest absolute Gasteiger partial charge is 0.0818 e. The fourth-order valence-electron chi connectivity index (χ4n) is 10.8. The van der Waals surface area contributed by atoms with E-state index in [1.807, 2.05) is 100 Å². The van der Waals surface area contributed by atoms with E-state index in [1.165, 1.54) is 121 Å². The molecule has 0 spiro atoms. The van der Waals surface area contributed by atoms with Crippen molar-refractivity contribution in [2.24, 2.45) is 0 Å². The van der Waals surface area contributed by atoms with Crippen LogP contribution in [0.3, 0.4) is 0 Å². The molecule has 4 N–H and O–H groups in total. The molecule has 4 nitrogen and oxygen atoms in total. The van der Waals surface area contributed by atoms with E-state index in [4.69, 9.17) is 0 Å². The molecular formula is C70H78CuO4. The van der Waals surface area contributed by atoms with E-state index in [0.717, 1.165) is 44.5 Å². The molecule has 75 heavy (non-hydrogen) atoms. The maximum Gasteiger partial charge on any atom is 0.0818 e. The molecule has 393 valence electrons. The maximum atomic E-state index is 10.3. The second-order valence-corrected chi connectivity index (χ2v) is 22.1. The van der Waals surface area contributed by atoms with Crippen molar-refractivity contribution in [1.29, 1.82) is 0 Å². The monoisotopic (exact) mass is 1050 g/mol. The van der Waals surface area contributed by atoms with Crippen LogP contribution in [-0.2, 0) is 17.1 Å². The van der Waals surface area contributed by atoms with Gasteiger partial charge in [-0.05, 0) is 276 Å². The number of hydrogen-bond donors (Lipinski definition) is 4. The number of fused-ring (bicyclic) bond motifs is 6. The predicted molar refractivity (Wildman–Crippen MR) is 316 cm³/mol. The number of benzene rings is 10. The van der Waals surface area contributed by atoms with Crippen LogP contribution in [0.4, 0.5) is 0 Å². The van der Waals surface area contributed by atoms with Crippen molar-refractivity contribution >= 4 is 53.9 Å². The normalized spacial score (nSPS) is 13.1. The molecule has 0 aromatic heterocycles. The first-order valence-electron chi connectivity index (χ1n) is 26.5. The molecule has 0 amide bonds. The largest absolute Gasteiger partial charge is 0.388 e. The molecular weight excluding hydrogens is 968 g/mol. The molecule has 4 unspecified atom stereocenters. The topological polar surface area (TPSA) is 80.9 Å². The number of aryl methyl sites for hydroxylation is 16. The van der Waals surface area contributed by atoms with Crippen LogP contribution >= 0.6 is 0 Å². The zero-order valence-electron chi connectivity index (χ0n) is 47.2. The SMILES string of the molecule is Cc1cc2c(cc1C)c1c(C)c(C)cc3c4cc(C)c(C)cc4c4c(C)c(C)cc2c4c31.Cc1ccc(C(O)CC(O)c2ccc(C)c(C)c2)cc1C.Cc1ccc(C(O)CC(O)c2ccc(C)c(C)c2)cc1C.[Cu]. The van der Waals surface area contributed by atoms with Crippen molar-refractivity contribution in [1.82, 2.24) is 0 Å². The Hall–Kier alpha value is -5.88. The Morgan fingerprint density at radius 3 is 0.680 bits per heavy atom. The Labute approximate surface area is 457 Å². The average Bonchev–Trinajstić information content (AvgIpc) is 3.35. The van der Waals surface area contributed by atoms with Gasteiger partial charge in [-0.1, -0.05) is 109 Å². The Balaban J connectivity index is 0.000000170. The van der Waals surface area contributed by atoms with Crippen LogP contribution in [0.25, 0.3) is 53.9 Å². The number of hydrogen-bond acceptors (Lipinski definition) is 4. The summed E-state index contributed by atoms with van der Waals surface area (Å²) in [6.45, 7) is 34.5. The molecule has 0 heterocycles. The average molecular weight is 1050 g/mol. The molecule has 10 aromatic carbocycles. The van der Waals surface area contributed by atoms with Gasteiger partial charge in [0.05, 0.1) is 24.4 Å². The molecule has 0 aliphatic heterocycles. The quantitative estimate of drug-likeness (QED) is 0.0694. The molecule has 10 rings (SSSR count). The van der Waals surface area contributed by atoms with Gasteiger partial charge in [0.2, 0.25) is 0 Å². The molecule has 0 aliphatic carbocycles. The number of rotatable bonds is 8. The number of aliphatic hydroxyl groups excluding tert-OH is 4. The summed E-state index contributed by atoms with van der Waals surface area (Å²) in [6.07, 6.45) is -1.99. The van der Waals surface area contributed by atoms with Crippen LogP contribution in [0.2, 0.25) is 0 Å². The van der Waals surface area contributed by atoms with Gasteiger partial charge in [-0.25, -0.2) is 0 Å². The van der Waals surface area contributed by atoms with Crippen LogP contribution in [-0.4, -0.2) is 20.4 Å². The molecule has 1 radical (unpaired) electrons. The standard InChI is InChI=1S/C32H30.2C19H24O2.Cu/c1-15-9-23-25(11-17(15)3)29-21(7)20(6)14-28-24-10-16(2)18(4)12-26(24)30-22(8)19(5)13-27(23)31(30)32(28)29;2*1-12-5-7-16(9-14(12)3)18(20)11-19(21)17-8-6-13(2)15(4)10-17;/h9-14H,1-8H3;2*5-10,18-21H,11H2,1-4H3;. The van der Waals surface area contributed by atoms with E-state index >= 15 is 0 Å². The molecule has 0 bridgehead atoms. The van der Waals surface area contributed by atoms with Crippen molar-refractivity contribution in [2.45, 2.75) is 148 Å². The first-order chi connectivity index (χ1) is 34.9. The van der Waals surface area contributed by atoms with Crippen LogP contribution in [0, 0.1) is 111 Å². The molecule has 0 saturated carbocycles. The number of aliphatic hydroxyl groups is 4. The van der Waals surface area contributed by atoms with Gasteiger partial charge < -0.3 is 20.4 Å². The van der Waals surface area contributed by atoms with Crippen LogP contribution in [0.5, 0.6) is 0 Å². The Morgan fingerprint density at radius 1 is 0.240 bits per heavy atom. The maximum absolute atomic E-state index is 10.3. The van der Waals surface area contributed by atoms with E-state index in [-0.39, 0.29) is 17.1 Å². The van der Waals surface area contributed by atoms with E-state index < -0.39 is 24.4 Å². The third-order valence-corrected chi connectivity index (χ3v) is 16.9. The van der Waals surface area contributed by atoms with E-state index in [0.29, 0.717) is 12.8 Å². The first-order valence-corrected chi connectivity index (χ1v) is 26.5. The summed E-state index contributed by atoms with van der Waals surface area (Å²) in [4.78, 5) is 0. The van der Waals surface area contributed by atoms with Gasteiger partial charge in [0.15, 0.2) is 0 Å². The van der Waals surface area contributed by atoms with Gasteiger partial charge in [-0.2, -0.15) is 0 Å². The summed E-state index contributed by atoms with van der Waals surface area (Å²) < 4.78 is 0. The van der Waals surface area contributed by atoms with Gasteiger partial charge in [0.1, 0.15) is 0 Å². The van der Waals surface area contributed by atoms with Crippen molar-refractivity contribution < 1.29 is 37.5 Å². The van der Waals surface area contributed by atoms with E-state index in [9.17, 15) is 20.4 Å². The Kier molecular flexibility index (Phi) is 17.2. The third kappa shape index (κ3) is 11.3. The summed E-state index contributed by atoms with van der Waals surface area (Å²) in [6, 6.07) is 38.3. The summed E-state index contributed by atoms with van der Waals surface area (Å²) in [5.41, 5.74) is 24.0. The molecule has 5 heteroatoms. The Morgan fingerprint density at radius 2 is 0.440 bits per heavy atom. The van der Waals surface area contributed by atoms with Gasteiger partial charge in [0.25, 0.3) is 0 Å². The fraction of sp³-hybridized carbons (Fsp3) is 0.314. The van der Waals surface area contributed by atoms with Crippen LogP contribution in [0.1, 0.15) is 149 Å². The minimum absolute atomic E-state index is 0. The summed E-state index contributed by atoms with van der Waals surface area (Å²) in [5, 5.41) is 55.5. The third-order valence-electron chi connectivity index (χ3n) is 16.9. The van der Waals surface area contributed by atoms with Gasteiger partial charge in [-0.3, -0.25) is 0 Å². The van der Waals surface area contributed by atoms with Crippen molar-refractivity contribution in [3.05, 3.63) is 220 Å². The summed E-state index contributed by atoms with van der Waals surface area (Å²) in [7, 11) is 0. The zero-order valence-corrected chi connectivity index (χ0v) is 48.1. The van der Waals surface area contributed by atoms with Crippen molar-refractivity contribution in [2.75, 3.05) is 0 Å². The second kappa shape index (κ2) is 22.8. The first kappa shape index (κ1) is 56.8. The predicted octanol–water partition coefficient (Wildman–Crippen LogP) is 17.5. The molecule has 4 atom stereocenters. The van der Waals surface area contributed by atoms with Crippen LogP contribution in [0.15, 0.2) is 109 Å². The van der Waals surface area contributed by atoms with E-state index in [2.05, 4.69) is 119 Å². The molecule has 0 aliphatic rings. The molecule has 10 aromatic rings. The Bertz CT molecular complexity index is 3410. The van der Waals surface area contributed by atoms with Gasteiger partial charge in [-0.15, -0.1) is 0 Å². The van der Waals surface area contributed by atoms with Gasteiger partial charge >= 0.3 is 0 Å². The molecule has 0 saturated heterocycles.